The predicted molar refractivity (Wildman–Crippen MR) is 64.0 cm³/mol. The van der Waals surface area contributed by atoms with Crippen LogP contribution in [0.2, 0.25) is 0 Å². The lowest BCUT2D eigenvalue weighted by molar-refractivity contribution is -0.597. The number of rotatable bonds is 1. The Bertz CT molecular complexity index is 722. The zero-order chi connectivity index (χ0) is 11.7. The molecule has 0 amide bonds. The molecule has 0 spiro atoms. The summed E-state index contributed by atoms with van der Waals surface area (Å²) in [6.45, 7) is 0. The van der Waals surface area contributed by atoms with Crippen molar-refractivity contribution in [1.29, 1.82) is 0 Å². The van der Waals surface area contributed by atoms with Crippen LogP contribution in [0.1, 0.15) is 0 Å². The van der Waals surface area contributed by atoms with Gasteiger partial charge in [-0.3, -0.25) is 0 Å². The molecule has 0 radical (unpaired) electrons. The van der Waals surface area contributed by atoms with Gasteiger partial charge >= 0.3 is 5.63 Å². The quantitative estimate of drug-likeness (QED) is 0.430. The van der Waals surface area contributed by atoms with Gasteiger partial charge in [0.25, 0.3) is 5.69 Å². The molecular formula is C14H10BrNO2. The van der Waals surface area contributed by atoms with Gasteiger partial charge in [0.05, 0.1) is 0 Å². The molecule has 3 nitrogen and oxygen atoms in total. The highest BCUT2D eigenvalue weighted by atomic mass is 79.9. The van der Waals surface area contributed by atoms with Crippen molar-refractivity contribution >= 4 is 11.0 Å². The second-order valence-corrected chi connectivity index (χ2v) is 3.74. The molecule has 3 rings (SSSR count). The highest BCUT2D eigenvalue weighted by Crippen LogP contribution is 2.12. The van der Waals surface area contributed by atoms with Crippen molar-refractivity contribution in [2.24, 2.45) is 0 Å². The van der Waals surface area contributed by atoms with E-state index >= 15 is 0 Å². The van der Waals surface area contributed by atoms with E-state index in [0.29, 0.717) is 11.3 Å². The average Bonchev–Trinajstić information content (AvgIpc) is 2.39. The van der Waals surface area contributed by atoms with E-state index in [4.69, 9.17) is 4.42 Å². The van der Waals surface area contributed by atoms with Crippen molar-refractivity contribution in [3.8, 4) is 5.69 Å². The number of pyridine rings is 1. The summed E-state index contributed by atoms with van der Waals surface area (Å²) < 4.78 is 7.02. The van der Waals surface area contributed by atoms with Crippen LogP contribution < -0.4 is 27.2 Å². The number of fused-ring (bicyclic) bond motifs is 1. The fraction of sp³-hybridized carbons (Fsp3) is 0. The Kier molecular flexibility index (Phi) is 3.58. The van der Waals surface area contributed by atoms with Crippen LogP contribution in [0.15, 0.2) is 70.1 Å². The van der Waals surface area contributed by atoms with Gasteiger partial charge in [-0.25, -0.2) is 4.79 Å². The maximum Gasteiger partial charge on any atom is 0.409 e. The van der Waals surface area contributed by atoms with Gasteiger partial charge in [0.1, 0.15) is 5.58 Å². The van der Waals surface area contributed by atoms with E-state index in [1.54, 1.807) is 10.6 Å². The highest BCUT2D eigenvalue weighted by molar-refractivity contribution is 5.77. The third-order valence-electron chi connectivity index (χ3n) is 2.62. The van der Waals surface area contributed by atoms with E-state index in [-0.39, 0.29) is 22.6 Å². The third-order valence-corrected chi connectivity index (χ3v) is 2.62. The normalized spacial score (nSPS) is 10.0. The molecule has 18 heavy (non-hydrogen) atoms. The molecule has 2 aromatic heterocycles. The van der Waals surface area contributed by atoms with Crippen molar-refractivity contribution in [3.05, 3.63) is 71.3 Å². The second kappa shape index (κ2) is 5.14. The van der Waals surface area contributed by atoms with Crippen LogP contribution >= 0.6 is 0 Å². The van der Waals surface area contributed by atoms with Crippen molar-refractivity contribution in [1.82, 2.24) is 0 Å². The first kappa shape index (κ1) is 12.5. The van der Waals surface area contributed by atoms with Gasteiger partial charge in [-0.15, -0.1) is 0 Å². The molecule has 0 unspecified atom stereocenters. The Balaban J connectivity index is 0.00000120. The van der Waals surface area contributed by atoms with Gasteiger partial charge < -0.3 is 21.4 Å². The first-order valence-electron chi connectivity index (χ1n) is 5.34. The summed E-state index contributed by atoms with van der Waals surface area (Å²) in [6, 6.07) is 15.0. The summed E-state index contributed by atoms with van der Waals surface area (Å²) in [4.78, 5) is 11.8. The molecule has 3 aromatic rings. The monoisotopic (exact) mass is 303 g/mol. The van der Waals surface area contributed by atoms with Crippen molar-refractivity contribution in [3.63, 3.8) is 0 Å². The van der Waals surface area contributed by atoms with E-state index in [0.717, 1.165) is 5.39 Å². The SMILES string of the molecule is O=c1oc2ccccc2cc1-[n+]1ccccc1.[Br-]. The predicted octanol–water partition coefficient (Wildman–Crippen LogP) is -0.926. The Morgan fingerprint density at radius 2 is 1.67 bits per heavy atom. The van der Waals surface area contributed by atoms with Gasteiger partial charge in [0.15, 0.2) is 12.4 Å². The zero-order valence-corrected chi connectivity index (χ0v) is 11.0. The lowest BCUT2D eigenvalue weighted by Crippen LogP contribution is -3.00. The molecule has 1 aromatic carbocycles. The molecule has 0 fully saturated rings. The number of hydrogen-bond donors (Lipinski definition) is 0. The lowest BCUT2D eigenvalue weighted by atomic mass is 10.2. The average molecular weight is 304 g/mol. The number of nitrogens with zero attached hydrogens (tertiary/aromatic N) is 1. The minimum absolute atomic E-state index is 0. The standard InChI is InChI=1S/C14H10NO2.BrH/c16-14-12(15-8-4-1-5-9-15)10-11-6-2-3-7-13(11)17-14;/h1-10H;1H/q+1;/p-1. The maximum absolute atomic E-state index is 11.8. The van der Waals surface area contributed by atoms with Gasteiger partial charge in [-0.2, -0.15) is 4.57 Å². The van der Waals surface area contributed by atoms with Crippen LogP contribution in [-0.2, 0) is 0 Å². The molecule has 0 N–H and O–H groups in total. The lowest BCUT2D eigenvalue weighted by Gasteiger charge is -1.97. The summed E-state index contributed by atoms with van der Waals surface area (Å²) in [7, 11) is 0. The van der Waals surface area contributed by atoms with Crippen LogP contribution in [0.3, 0.4) is 0 Å². The first-order valence-corrected chi connectivity index (χ1v) is 5.34. The minimum atomic E-state index is -0.333. The molecule has 0 aliphatic carbocycles. The van der Waals surface area contributed by atoms with E-state index in [1.807, 2.05) is 54.9 Å². The molecule has 0 saturated carbocycles. The molecule has 0 aliphatic heterocycles. The molecule has 90 valence electrons. The number of para-hydroxylation sites is 1. The largest absolute Gasteiger partial charge is 1.00 e. The maximum atomic E-state index is 11.8. The first-order chi connectivity index (χ1) is 8.34. The van der Waals surface area contributed by atoms with Gasteiger partial charge in [-0.05, 0) is 6.07 Å². The fourth-order valence-corrected chi connectivity index (χ4v) is 1.79. The molecule has 0 aliphatic rings. The van der Waals surface area contributed by atoms with Crippen molar-refractivity contribution in [2.45, 2.75) is 0 Å². The number of aromatic nitrogens is 1. The van der Waals surface area contributed by atoms with Gasteiger partial charge in [0.2, 0.25) is 0 Å². The Labute approximate surface area is 114 Å². The Morgan fingerprint density at radius 3 is 2.44 bits per heavy atom. The van der Waals surface area contributed by atoms with Gasteiger partial charge in [-0.1, -0.05) is 24.3 Å². The molecular weight excluding hydrogens is 294 g/mol. The Hall–Kier alpha value is -1.94. The fourth-order valence-electron chi connectivity index (χ4n) is 1.79. The topological polar surface area (TPSA) is 34.1 Å². The van der Waals surface area contributed by atoms with Crippen LogP contribution in [0.4, 0.5) is 0 Å². The summed E-state index contributed by atoms with van der Waals surface area (Å²) in [5.41, 5.74) is 0.794. The number of hydrogen-bond acceptors (Lipinski definition) is 2. The van der Waals surface area contributed by atoms with E-state index in [1.165, 1.54) is 0 Å². The second-order valence-electron chi connectivity index (χ2n) is 3.74. The van der Waals surface area contributed by atoms with E-state index < -0.39 is 0 Å². The van der Waals surface area contributed by atoms with Crippen LogP contribution in [0.25, 0.3) is 16.7 Å². The highest BCUT2D eigenvalue weighted by Gasteiger charge is 2.13. The van der Waals surface area contributed by atoms with Crippen LogP contribution in [0, 0.1) is 0 Å². The molecule has 0 bridgehead atoms. The summed E-state index contributed by atoms with van der Waals surface area (Å²) in [6.07, 6.45) is 3.64. The van der Waals surface area contributed by atoms with E-state index in [9.17, 15) is 4.79 Å². The van der Waals surface area contributed by atoms with Gasteiger partial charge in [0, 0.05) is 23.6 Å². The summed E-state index contributed by atoms with van der Waals surface area (Å²) >= 11 is 0. The Morgan fingerprint density at radius 1 is 0.944 bits per heavy atom. The molecule has 2 heterocycles. The van der Waals surface area contributed by atoms with Crippen molar-refractivity contribution in [2.75, 3.05) is 0 Å². The van der Waals surface area contributed by atoms with Crippen molar-refractivity contribution < 1.29 is 26.0 Å². The summed E-state index contributed by atoms with van der Waals surface area (Å²) in [5.74, 6) is 0. The third kappa shape index (κ3) is 2.19. The summed E-state index contributed by atoms with van der Waals surface area (Å²) in [5, 5.41) is 0.915. The molecule has 0 atom stereocenters. The number of halogens is 1. The van der Waals surface area contributed by atoms with Crippen LogP contribution in [-0.4, -0.2) is 0 Å². The smallest absolute Gasteiger partial charge is 0.409 e. The minimum Gasteiger partial charge on any atom is -1.00 e. The number of benzene rings is 1. The zero-order valence-electron chi connectivity index (χ0n) is 9.42. The molecule has 4 heteroatoms. The molecule has 0 saturated heterocycles. The van der Waals surface area contributed by atoms with E-state index in [2.05, 4.69) is 0 Å². The van der Waals surface area contributed by atoms with Crippen LogP contribution in [0.5, 0.6) is 0 Å².